The average molecular weight is 868 g/mol. The highest BCUT2D eigenvalue weighted by molar-refractivity contribution is 5.46. The van der Waals surface area contributed by atoms with Crippen LogP contribution in [0.5, 0.6) is 0 Å². The molecule has 0 aromatic carbocycles. The second-order valence-electron chi connectivity index (χ2n) is 18.9. The van der Waals surface area contributed by atoms with Gasteiger partial charge in [0.15, 0.2) is 0 Å². The fourth-order valence-corrected chi connectivity index (χ4v) is 9.32. The second-order valence-corrected chi connectivity index (χ2v) is 18.9. The van der Waals surface area contributed by atoms with Crippen molar-refractivity contribution in [3.05, 3.63) is 108 Å². The molecule has 0 saturated carbocycles. The third kappa shape index (κ3) is 29.0. The van der Waals surface area contributed by atoms with Gasteiger partial charge in [0.1, 0.15) is 0 Å². The van der Waals surface area contributed by atoms with Crippen LogP contribution < -0.4 is 0 Å². The van der Waals surface area contributed by atoms with E-state index in [-0.39, 0.29) is 10.8 Å². The second kappa shape index (κ2) is 44.8. The van der Waals surface area contributed by atoms with Crippen molar-refractivity contribution in [1.29, 1.82) is 0 Å². The first-order valence-corrected chi connectivity index (χ1v) is 28.0. The zero-order valence-electron chi connectivity index (χ0n) is 44.2. The maximum Gasteiger partial charge on any atom is 0.0202 e. The van der Waals surface area contributed by atoms with Crippen LogP contribution >= 0.6 is 0 Å². The van der Waals surface area contributed by atoms with Gasteiger partial charge < -0.3 is 0 Å². The fraction of sp³-hybridized carbons (Fsp3) is 0.714. The van der Waals surface area contributed by atoms with Gasteiger partial charge in [-0.2, -0.15) is 0 Å². The highest BCUT2D eigenvalue weighted by Crippen LogP contribution is 2.54. The van der Waals surface area contributed by atoms with Crippen LogP contribution in [-0.4, -0.2) is 0 Å². The minimum atomic E-state index is -0.0924. The number of rotatable bonds is 44. The molecule has 362 valence electrons. The van der Waals surface area contributed by atoms with Gasteiger partial charge in [-0.15, -0.1) is 0 Å². The maximum absolute atomic E-state index is 2.80. The summed E-state index contributed by atoms with van der Waals surface area (Å²) in [4.78, 5) is 0. The third-order valence-corrected chi connectivity index (χ3v) is 13.1. The predicted octanol–water partition coefficient (Wildman–Crippen LogP) is 22.5. The lowest BCUT2D eigenvalue weighted by Crippen LogP contribution is -2.31. The lowest BCUT2D eigenvalue weighted by atomic mass is 9.60. The molecule has 0 aromatic rings. The molecule has 0 nitrogen and oxygen atoms in total. The van der Waals surface area contributed by atoms with E-state index < -0.39 is 0 Å². The van der Waals surface area contributed by atoms with Crippen LogP contribution in [0.25, 0.3) is 0 Å². The van der Waals surface area contributed by atoms with Crippen molar-refractivity contribution in [3.8, 4) is 0 Å². The summed E-state index contributed by atoms with van der Waals surface area (Å²) >= 11 is 0. The van der Waals surface area contributed by atoms with Gasteiger partial charge in [0.25, 0.3) is 0 Å². The van der Waals surface area contributed by atoms with Crippen molar-refractivity contribution in [2.24, 2.45) is 10.8 Å². The Labute approximate surface area is 397 Å². The van der Waals surface area contributed by atoms with Crippen LogP contribution in [0, 0.1) is 10.8 Å². The first-order chi connectivity index (χ1) is 31.0. The molecular formula is C63H110. The van der Waals surface area contributed by atoms with Crippen molar-refractivity contribution < 1.29 is 0 Å². The third-order valence-electron chi connectivity index (χ3n) is 13.1. The molecule has 0 fully saturated rings. The van der Waals surface area contributed by atoms with Gasteiger partial charge in [0.2, 0.25) is 0 Å². The minimum Gasteiger partial charge on any atom is -0.0888 e. The smallest absolute Gasteiger partial charge is 0.0202 e. The normalized spacial score (nSPS) is 15.5. The highest BCUT2D eigenvalue weighted by atomic mass is 14.4. The molecule has 0 heterocycles. The SMILES string of the molecule is CCC=CCCC(=C(C=CCCCCC)C(CC=CCCCC)(CCC=CCCC)/C(=C\CCCCCCC)CC=CCCCCC)C(C=CCCCC)(CC=CCCC)CCC. The largest absolute Gasteiger partial charge is 0.0888 e. The van der Waals surface area contributed by atoms with E-state index in [0.29, 0.717) is 0 Å². The highest BCUT2D eigenvalue weighted by Gasteiger charge is 2.41. The summed E-state index contributed by atoms with van der Waals surface area (Å²) in [7, 11) is 0. The standard InChI is InChI=1S/C63H110/c1-10-19-27-35-38-42-50-59(51-43-39-36-28-20-11-2)63(57-48-40-30-22-13-4,58-49-41-31-23-14-5)61(53-45-37-29-21-12-3)60(52-44-32-24-15-6)62(54-18-9,55-46-33-25-16-7)56-47-34-26-17-8/h24,30,32-33,38,40-42,45-47,49,51,53,56H,10-23,25-29,31,34-37,39,43-44,48,50,52,54-55,57-58H2,1-9H3/b32-24?,40-30?,42-38?,46-33?,49-41?,53-45?,56-47?,59-51-,61-60?. The van der Waals surface area contributed by atoms with Gasteiger partial charge in [0.05, 0.1) is 0 Å². The molecule has 2 unspecified atom stereocenters. The first kappa shape index (κ1) is 60.7. The molecule has 0 amide bonds. The van der Waals surface area contributed by atoms with Crippen molar-refractivity contribution in [2.45, 2.75) is 281 Å². The molecule has 0 spiro atoms. The van der Waals surface area contributed by atoms with Crippen molar-refractivity contribution in [2.75, 3.05) is 0 Å². The van der Waals surface area contributed by atoms with Gasteiger partial charge in [0, 0.05) is 10.8 Å². The average Bonchev–Trinajstić information content (AvgIpc) is 3.29. The summed E-state index contributed by atoms with van der Waals surface area (Å²) in [5, 5.41) is 0. The van der Waals surface area contributed by atoms with Crippen LogP contribution in [0.2, 0.25) is 0 Å². The van der Waals surface area contributed by atoms with E-state index in [2.05, 4.69) is 153 Å². The summed E-state index contributed by atoms with van der Waals surface area (Å²) in [6.45, 7) is 21.1. The van der Waals surface area contributed by atoms with E-state index in [0.717, 1.165) is 64.2 Å². The zero-order chi connectivity index (χ0) is 46.4. The Morgan fingerprint density at radius 3 is 1.54 bits per heavy atom. The molecule has 0 N–H and O–H groups in total. The van der Waals surface area contributed by atoms with E-state index in [1.165, 1.54) is 154 Å². The molecular weight excluding hydrogens is 757 g/mol. The summed E-state index contributed by atoms with van der Waals surface area (Å²) in [6.07, 6.45) is 80.4. The molecule has 0 aliphatic carbocycles. The maximum atomic E-state index is 2.80. The summed E-state index contributed by atoms with van der Waals surface area (Å²) < 4.78 is 0. The number of unbranched alkanes of at least 4 members (excludes halogenated alkanes) is 17. The van der Waals surface area contributed by atoms with E-state index in [1.54, 1.807) is 16.7 Å². The Morgan fingerprint density at radius 1 is 0.365 bits per heavy atom. The Balaban J connectivity index is 9.06. The van der Waals surface area contributed by atoms with Crippen LogP contribution in [0.15, 0.2) is 108 Å². The zero-order valence-corrected chi connectivity index (χ0v) is 44.2. The lowest BCUT2D eigenvalue weighted by Gasteiger charge is -2.44. The van der Waals surface area contributed by atoms with E-state index in [1.807, 2.05) is 0 Å². The summed E-state index contributed by atoms with van der Waals surface area (Å²) in [5.74, 6) is 0. The first-order valence-electron chi connectivity index (χ1n) is 28.0. The fourth-order valence-electron chi connectivity index (χ4n) is 9.32. The molecule has 0 aliphatic heterocycles. The molecule has 0 heteroatoms. The molecule has 2 atom stereocenters. The van der Waals surface area contributed by atoms with Gasteiger partial charge >= 0.3 is 0 Å². The quantitative estimate of drug-likeness (QED) is 0.0325. The molecule has 0 bridgehead atoms. The van der Waals surface area contributed by atoms with Crippen LogP contribution in [-0.2, 0) is 0 Å². The number of hydrogen-bond donors (Lipinski definition) is 0. The molecule has 63 heavy (non-hydrogen) atoms. The Kier molecular flexibility index (Phi) is 43.2. The number of allylic oxidation sites excluding steroid dienone is 18. The van der Waals surface area contributed by atoms with Crippen LogP contribution in [0.1, 0.15) is 281 Å². The van der Waals surface area contributed by atoms with Gasteiger partial charge in [-0.1, -0.05) is 261 Å². The predicted molar refractivity (Wildman–Crippen MR) is 292 cm³/mol. The van der Waals surface area contributed by atoms with E-state index in [4.69, 9.17) is 0 Å². The van der Waals surface area contributed by atoms with Crippen LogP contribution in [0.4, 0.5) is 0 Å². The monoisotopic (exact) mass is 867 g/mol. The molecule has 0 radical (unpaired) electrons. The van der Waals surface area contributed by atoms with Gasteiger partial charge in [-0.3, -0.25) is 0 Å². The van der Waals surface area contributed by atoms with E-state index >= 15 is 0 Å². The summed E-state index contributed by atoms with van der Waals surface area (Å²) in [5.41, 5.74) is 5.01. The van der Waals surface area contributed by atoms with Crippen molar-refractivity contribution >= 4 is 0 Å². The Morgan fingerprint density at radius 2 is 0.889 bits per heavy atom. The Hall–Kier alpha value is -2.34. The van der Waals surface area contributed by atoms with Gasteiger partial charge in [-0.25, -0.2) is 0 Å². The molecule has 0 aromatic heterocycles. The lowest BCUT2D eigenvalue weighted by molar-refractivity contribution is 0.358. The molecule has 0 rings (SSSR count). The van der Waals surface area contributed by atoms with E-state index in [9.17, 15) is 0 Å². The van der Waals surface area contributed by atoms with Gasteiger partial charge in [-0.05, 0) is 128 Å². The Bertz CT molecular complexity index is 1290. The minimum absolute atomic E-state index is 0.0215. The topological polar surface area (TPSA) is 0 Å². The molecule has 0 saturated heterocycles. The van der Waals surface area contributed by atoms with Crippen LogP contribution in [0.3, 0.4) is 0 Å². The van der Waals surface area contributed by atoms with Crippen molar-refractivity contribution in [1.82, 2.24) is 0 Å². The summed E-state index contributed by atoms with van der Waals surface area (Å²) in [6, 6.07) is 0. The number of hydrogen-bond acceptors (Lipinski definition) is 0. The van der Waals surface area contributed by atoms with Crippen molar-refractivity contribution in [3.63, 3.8) is 0 Å². The molecule has 0 aliphatic rings.